The number of ketones is 1. The number of anilines is 1. The van der Waals surface area contributed by atoms with Gasteiger partial charge in [0.05, 0.1) is 6.04 Å². The van der Waals surface area contributed by atoms with Crippen molar-refractivity contribution in [2.45, 2.75) is 26.8 Å². The van der Waals surface area contributed by atoms with E-state index in [4.69, 9.17) is 0 Å². The Morgan fingerprint density at radius 2 is 2.00 bits per heavy atom. The van der Waals surface area contributed by atoms with E-state index in [2.05, 4.69) is 0 Å². The van der Waals surface area contributed by atoms with Crippen molar-refractivity contribution < 1.29 is 9.59 Å². The van der Waals surface area contributed by atoms with Gasteiger partial charge in [-0.25, -0.2) is 0 Å². The Labute approximate surface area is 101 Å². The highest BCUT2D eigenvalue weighted by Crippen LogP contribution is 2.33. The number of amides is 1. The zero-order valence-electron chi connectivity index (χ0n) is 10.2. The van der Waals surface area contributed by atoms with Gasteiger partial charge in [-0.15, -0.1) is 0 Å². The third-order valence-corrected chi connectivity index (χ3v) is 3.04. The molecule has 1 amide bonds. The Bertz CT molecular complexity index is 517. The highest BCUT2D eigenvalue weighted by Gasteiger charge is 2.40. The fourth-order valence-electron chi connectivity index (χ4n) is 2.12. The number of para-hydroxylation sites is 1. The van der Waals surface area contributed by atoms with E-state index in [1.807, 2.05) is 38.1 Å². The maximum atomic E-state index is 12.0. The molecule has 88 valence electrons. The summed E-state index contributed by atoms with van der Waals surface area (Å²) in [4.78, 5) is 24.7. The van der Waals surface area contributed by atoms with Gasteiger partial charge in [0.25, 0.3) is 5.91 Å². The van der Waals surface area contributed by atoms with Crippen LogP contribution in [0.1, 0.15) is 19.4 Å². The van der Waals surface area contributed by atoms with E-state index in [1.54, 1.807) is 4.90 Å². The molecule has 0 aromatic heterocycles. The van der Waals surface area contributed by atoms with Crippen LogP contribution < -0.4 is 4.90 Å². The van der Waals surface area contributed by atoms with E-state index < -0.39 is 0 Å². The van der Waals surface area contributed by atoms with Gasteiger partial charge in [-0.1, -0.05) is 18.2 Å². The summed E-state index contributed by atoms with van der Waals surface area (Å²) >= 11 is 0. The average Bonchev–Trinajstić information content (AvgIpc) is 2.29. The average molecular weight is 229 g/mol. The molecule has 0 spiro atoms. The molecule has 1 atom stereocenters. The van der Waals surface area contributed by atoms with E-state index in [-0.39, 0.29) is 17.7 Å². The standard InChI is InChI=1S/C14H15NO2/c1-9-6-4-5-7-13(9)15-11(3)12(14(15)17)8-10(2)16/h4-8,11H,1-3H3/b12-8+. The van der Waals surface area contributed by atoms with Gasteiger partial charge in [0.1, 0.15) is 0 Å². The molecule has 3 heteroatoms. The molecule has 1 aliphatic heterocycles. The predicted molar refractivity (Wildman–Crippen MR) is 66.9 cm³/mol. The minimum absolute atomic E-state index is 0.0208. The van der Waals surface area contributed by atoms with Gasteiger partial charge in [0.2, 0.25) is 0 Å². The van der Waals surface area contributed by atoms with Gasteiger partial charge < -0.3 is 4.90 Å². The Hall–Kier alpha value is -1.90. The minimum Gasteiger partial charge on any atom is -0.301 e. The summed E-state index contributed by atoms with van der Waals surface area (Å²) in [6.45, 7) is 5.37. The van der Waals surface area contributed by atoms with Crippen molar-refractivity contribution in [3.05, 3.63) is 41.5 Å². The lowest BCUT2D eigenvalue weighted by Crippen LogP contribution is -2.54. The van der Waals surface area contributed by atoms with Crippen LogP contribution in [0.4, 0.5) is 5.69 Å². The molecule has 0 radical (unpaired) electrons. The van der Waals surface area contributed by atoms with Crippen molar-refractivity contribution in [3.63, 3.8) is 0 Å². The molecule has 2 rings (SSSR count). The SMILES string of the molecule is CC(=O)/C=C1/C(=O)N(c2ccccc2C)C1C. The number of carbonyl (C=O) groups excluding carboxylic acids is 2. The summed E-state index contributed by atoms with van der Waals surface area (Å²) in [7, 11) is 0. The first kappa shape index (κ1) is 11.6. The molecule has 0 aliphatic carbocycles. The third-order valence-electron chi connectivity index (χ3n) is 3.04. The lowest BCUT2D eigenvalue weighted by Gasteiger charge is -2.41. The molecule has 1 fully saturated rings. The first-order chi connectivity index (χ1) is 8.02. The van der Waals surface area contributed by atoms with Crippen LogP contribution in [-0.4, -0.2) is 17.7 Å². The van der Waals surface area contributed by atoms with Crippen LogP contribution in [0.5, 0.6) is 0 Å². The molecule has 17 heavy (non-hydrogen) atoms. The van der Waals surface area contributed by atoms with Crippen LogP contribution in [0.3, 0.4) is 0 Å². The maximum Gasteiger partial charge on any atom is 0.257 e. The maximum absolute atomic E-state index is 12.0. The molecule has 0 saturated carbocycles. The molecule has 0 N–H and O–H groups in total. The van der Waals surface area contributed by atoms with Crippen LogP contribution in [0, 0.1) is 6.92 Å². The Morgan fingerprint density at radius 1 is 1.35 bits per heavy atom. The van der Waals surface area contributed by atoms with Crippen molar-refractivity contribution in [2.24, 2.45) is 0 Å². The first-order valence-corrected chi connectivity index (χ1v) is 5.63. The van der Waals surface area contributed by atoms with E-state index in [9.17, 15) is 9.59 Å². The Balaban J connectivity index is 2.31. The van der Waals surface area contributed by atoms with Crippen LogP contribution in [-0.2, 0) is 9.59 Å². The van der Waals surface area contributed by atoms with Crippen molar-refractivity contribution in [1.29, 1.82) is 0 Å². The van der Waals surface area contributed by atoms with Crippen LogP contribution in [0.2, 0.25) is 0 Å². The normalized spacial score (nSPS) is 21.6. The summed E-state index contributed by atoms with van der Waals surface area (Å²) in [5.41, 5.74) is 2.58. The summed E-state index contributed by atoms with van der Waals surface area (Å²) in [5.74, 6) is -0.147. The van der Waals surface area contributed by atoms with Crippen molar-refractivity contribution >= 4 is 17.4 Å². The monoisotopic (exact) mass is 229 g/mol. The molecular weight excluding hydrogens is 214 g/mol. The van der Waals surface area contributed by atoms with Gasteiger partial charge in [0, 0.05) is 11.3 Å². The second-order valence-electron chi connectivity index (χ2n) is 4.35. The van der Waals surface area contributed by atoms with Crippen LogP contribution in [0.15, 0.2) is 35.9 Å². The quantitative estimate of drug-likeness (QED) is 0.576. The minimum atomic E-state index is -0.0790. The molecule has 1 unspecified atom stereocenters. The lowest BCUT2D eigenvalue weighted by molar-refractivity contribution is -0.119. The highest BCUT2D eigenvalue weighted by molar-refractivity contribution is 6.17. The number of aryl methyl sites for hydroxylation is 1. The number of nitrogens with zero attached hydrogens (tertiary/aromatic N) is 1. The fourth-order valence-corrected chi connectivity index (χ4v) is 2.12. The molecule has 1 saturated heterocycles. The van der Waals surface area contributed by atoms with Crippen molar-refractivity contribution in [1.82, 2.24) is 0 Å². The Morgan fingerprint density at radius 3 is 2.53 bits per heavy atom. The van der Waals surface area contributed by atoms with E-state index >= 15 is 0 Å². The Kier molecular flexibility index (Phi) is 2.84. The number of allylic oxidation sites excluding steroid dienone is 1. The zero-order valence-corrected chi connectivity index (χ0v) is 10.2. The molecular formula is C14H15NO2. The van der Waals surface area contributed by atoms with Crippen LogP contribution >= 0.6 is 0 Å². The fraction of sp³-hybridized carbons (Fsp3) is 0.286. The van der Waals surface area contributed by atoms with Crippen molar-refractivity contribution in [3.8, 4) is 0 Å². The summed E-state index contributed by atoms with van der Waals surface area (Å²) in [6.07, 6.45) is 1.43. The number of hydrogen-bond acceptors (Lipinski definition) is 2. The lowest BCUT2D eigenvalue weighted by atomic mass is 9.93. The zero-order chi connectivity index (χ0) is 12.6. The number of β-lactam (4-membered cyclic amide) rings is 1. The second-order valence-corrected chi connectivity index (χ2v) is 4.35. The number of carbonyl (C=O) groups is 2. The molecule has 1 aliphatic rings. The van der Waals surface area contributed by atoms with Gasteiger partial charge in [-0.05, 0) is 38.5 Å². The van der Waals surface area contributed by atoms with Gasteiger partial charge in [-0.2, -0.15) is 0 Å². The van der Waals surface area contributed by atoms with Crippen molar-refractivity contribution in [2.75, 3.05) is 4.90 Å². The topological polar surface area (TPSA) is 37.4 Å². The van der Waals surface area contributed by atoms with E-state index in [1.165, 1.54) is 13.0 Å². The third kappa shape index (κ3) is 1.88. The molecule has 1 heterocycles. The second kappa shape index (κ2) is 4.17. The molecule has 1 aromatic carbocycles. The van der Waals surface area contributed by atoms with E-state index in [0.29, 0.717) is 5.57 Å². The smallest absolute Gasteiger partial charge is 0.257 e. The number of hydrogen-bond donors (Lipinski definition) is 0. The summed E-state index contributed by atoms with van der Waals surface area (Å²) in [5, 5.41) is 0. The number of benzene rings is 1. The van der Waals surface area contributed by atoms with Gasteiger partial charge >= 0.3 is 0 Å². The van der Waals surface area contributed by atoms with E-state index in [0.717, 1.165) is 11.3 Å². The highest BCUT2D eigenvalue weighted by atomic mass is 16.2. The summed E-state index contributed by atoms with van der Waals surface area (Å²) < 4.78 is 0. The predicted octanol–water partition coefficient (Wildman–Crippen LogP) is 2.25. The van der Waals surface area contributed by atoms with Gasteiger partial charge in [0.15, 0.2) is 5.78 Å². The van der Waals surface area contributed by atoms with Crippen LogP contribution in [0.25, 0.3) is 0 Å². The molecule has 3 nitrogen and oxygen atoms in total. The largest absolute Gasteiger partial charge is 0.301 e. The van der Waals surface area contributed by atoms with Gasteiger partial charge in [-0.3, -0.25) is 9.59 Å². The molecule has 1 aromatic rings. The first-order valence-electron chi connectivity index (χ1n) is 5.63. The number of rotatable bonds is 2. The summed E-state index contributed by atoms with van der Waals surface area (Å²) in [6, 6.07) is 7.73. The molecule has 0 bridgehead atoms.